The second kappa shape index (κ2) is 8.81. The van der Waals surface area contributed by atoms with Gasteiger partial charge in [0.15, 0.2) is 15.7 Å². The minimum atomic E-state index is -3.42. The summed E-state index contributed by atoms with van der Waals surface area (Å²) < 4.78 is 29.6. The molecule has 1 aliphatic heterocycles. The number of rotatable bonds is 6. The molecule has 2 atom stereocenters. The smallest absolute Gasteiger partial charge is 0.410 e. The van der Waals surface area contributed by atoms with Crippen LogP contribution in [0.25, 0.3) is 0 Å². The molecular formula is C23H30N4O5S. The van der Waals surface area contributed by atoms with Crippen LogP contribution < -0.4 is 5.32 Å². The molecule has 10 heteroatoms. The van der Waals surface area contributed by atoms with E-state index in [4.69, 9.17) is 4.74 Å². The Kier molecular flexibility index (Phi) is 6.22. The number of sulfone groups is 1. The number of hydrogen-bond donors (Lipinski definition) is 2. The van der Waals surface area contributed by atoms with Crippen LogP contribution in [0.5, 0.6) is 0 Å². The van der Waals surface area contributed by atoms with Gasteiger partial charge in [0.1, 0.15) is 6.10 Å². The first-order valence-electron chi connectivity index (χ1n) is 11.1. The molecular weight excluding hydrogens is 444 g/mol. The van der Waals surface area contributed by atoms with Crippen molar-refractivity contribution in [2.24, 2.45) is 0 Å². The van der Waals surface area contributed by atoms with Gasteiger partial charge in [-0.15, -0.1) is 0 Å². The predicted octanol–water partition coefficient (Wildman–Crippen LogP) is 3.25. The van der Waals surface area contributed by atoms with Crippen LogP contribution in [-0.4, -0.2) is 60.0 Å². The molecule has 178 valence electrons. The zero-order valence-corrected chi connectivity index (χ0v) is 19.9. The van der Waals surface area contributed by atoms with E-state index in [0.717, 1.165) is 37.8 Å². The van der Waals surface area contributed by atoms with E-state index in [2.05, 4.69) is 15.5 Å². The number of nitrogens with zero attached hydrogens (tertiary/aromatic N) is 2. The maximum absolute atomic E-state index is 12.5. The van der Waals surface area contributed by atoms with Crippen molar-refractivity contribution in [3.05, 3.63) is 41.6 Å². The van der Waals surface area contributed by atoms with Gasteiger partial charge in [-0.2, -0.15) is 5.10 Å². The van der Waals surface area contributed by atoms with Crippen LogP contribution in [0.3, 0.4) is 0 Å². The van der Waals surface area contributed by atoms with Gasteiger partial charge < -0.3 is 15.0 Å². The first-order valence-corrected chi connectivity index (χ1v) is 13.0. The number of H-pyrrole nitrogens is 1. The second-order valence-electron chi connectivity index (χ2n) is 9.54. The quantitative estimate of drug-likeness (QED) is 0.663. The van der Waals surface area contributed by atoms with Crippen LogP contribution in [0.4, 0.5) is 10.6 Å². The molecule has 1 aromatic heterocycles. The molecule has 2 heterocycles. The van der Waals surface area contributed by atoms with Crippen molar-refractivity contribution in [1.82, 2.24) is 15.1 Å². The number of amides is 2. The molecule has 0 spiro atoms. The molecule has 1 aromatic carbocycles. The van der Waals surface area contributed by atoms with Crippen LogP contribution in [0.1, 0.15) is 56.7 Å². The van der Waals surface area contributed by atoms with Crippen molar-refractivity contribution in [3.63, 3.8) is 0 Å². The molecule has 1 saturated carbocycles. The molecule has 2 N–H and O–H groups in total. The number of aromatic nitrogens is 2. The Morgan fingerprint density at radius 3 is 2.70 bits per heavy atom. The zero-order valence-electron chi connectivity index (χ0n) is 19.1. The SMILES string of the molecule is CC1(C)CCN1C(=O)O[C@@H]1CC[C@H](c2cc(NC(=O)Cc3ccccc3S(C)(=O)=O)n[nH]2)C1. The lowest BCUT2D eigenvalue weighted by Crippen LogP contribution is -2.58. The molecule has 2 fully saturated rings. The van der Waals surface area contributed by atoms with Gasteiger partial charge >= 0.3 is 6.09 Å². The van der Waals surface area contributed by atoms with Gasteiger partial charge in [-0.05, 0) is 51.2 Å². The van der Waals surface area contributed by atoms with Crippen molar-refractivity contribution < 1.29 is 22.7 Å². The van der Waals surface area contributed by atoms with Gasteiger partial charge in [0.25, 0.3) is 0 Å². The number of likely N-dealkylation sites (tertiary alicyclic amines) is 1. The highest BCUT2D eigenvalue weighted by atomic mass is 32.2. The fraction of sp³-hybridized carbons (Fsp3) is 0.522. The first kappa shape index (κ1) is 23.3. The van der Waals surface area contributed by atoms with Crippen LogP contribution in [0.15, 0.2) is 35.2 Å². The fourth-order valence-corrected chi connectivity index (χ4v) is 5.47. The third kappa shape index (κ3) is 5.21. The number of anilines is 1. The van der Waals surface area contributed by atoms with Crippen molar-refractivity contribution in [2.75, 3.05) is 18.1 Å². The van der Waals surface area contributed by atoms with E-state index in [1.54, 1.807) is 29.2 Å². The van der Waals surface area contributed by atoms with Gasteiger partial charge in [0.05, 0.1) is 11.3 Å². The Balaban J connectivity index is 1.32. The average Bonchev–Trinajstić information content (AvgIpc) is 3.36. The Morgan fingerprint density at radius 2 is 2.03 bits per heavy atom. The van der Waals surface area contributed by atoms with Gasteiger partial charge in [-0.1, -0.05) is 18.2 Å². The van der Waals surface area contributed by atoms with Gasteiger partial charge in [-0.3, -0.25) is 9.89 Å². The largest absolute Gasteiger partial charge is 0.446 e. The van der Waals surface area contributed by atoms with E-state index < -0.39 is 9.84 Å². The van der Waals surface area contributed by atoms with E-state index in [1.165, 1.54) is 6.07 Å². The summed E-state index contributed by atoms with van der Waals surface area (Å²) in [5.74, 6) is 0.200. The van der Waals surface area contributed by atoms with Crippen molar-refractivity contribution >= 4 is 27.7 Å². The maximum Gasteiger partial charge on any atom is 0.410 e. The van der Waals surface area contributed by atoms with Crippen LogP contribution in [0, 0.1) is 0 Å². The van der Waals surface area contributed by atoms with Crippen molar-refractivity contribution in [3.8, 4) is 0 Å². The molecule has 4 rings (SSSR count). The third-order valence-electron chi connectivity index (χ3n) is 6.58. The molecule has 0 bridgehead atoms. The summed E-state index contributed by atoms with van der Waals surface area (Å²) in [7, 11) is -3.42. The topological polar surface area (TPSA) is 121 Å². The highest BCUT2D eigenvalue weighted by Crippen LogP contribution is 2.37. The highest BCUT2D eigenvalue weighted by Gasteiger charge is 2.42. The normalized spacial score (nSPS) is 22.0. The average molecular weight is 475 g/mol. The van der Waals surface area contributed by atoms with Crippen molar-refractivity contribution in [1.29, 1.82) is 0 Å². The monoisotopic (exact) mass is 474 g/mol. The predicted molar refractivity (Wildman–Crippen MR) is 123 cm³/mol. The van der Waals surface area contributed by atoms with E-state index >= 15 is 0 Å². The van der Waals surface area contributed by atoms with E-state index in [9.17, 15) is 18.0 Å². The summed E-state index contributed by atoms with van der Waals surface area (Å²) in [6.07, 6.45) is 4.01. The summed E-state index contributed by atoms with van der Waals surface area (Å²) in [4.78, 5) is 26.8. The maximum atomic E-state index is 12.5. The summed E-state index contributed by atoms with van der Waals surface area (Å²) in [5, 5.41) is 9.88. The number of carbonyl (C=O) groups excluding carboxylic acids is 2. The Hall–Kier alpha value is -2.88. The summed E-state index contributed by atoms with van der Waals surface area (Å²) in [5.41, 5.74) is 1.19. The fourth-order valence-electron chi connectivity index (χ4n) is 4.53. The molecule has 2 amide bonds. The minimum Gasteiger partial charge on any atom is -0.446 e. The van der Waals surface area contributed by atoms with Crippen LogP contribution in [0.2, 0.25) is 0 Å². The minimum absolute atomic E-state index is 0.0697. The van der Waals surface area contributed by atoms with Gasteiger partial charge in [0, 0.05) is 36.0 Å². The lowest BCUT2D eigenvalue weighted by atomic mass is 9.90. The molecule has 2 aromatic rings. The third-order valence-corrected chi connectivity index (χ3v) is 7.78. The first-order chi connectivity index (χ1) is 15.5. The van der Waals surface area contributed by atoms with E-state index in [-0.39, 0.29) is 40.9 Å². The molecule has 1 aliphatic carbocycles. The molecule has 0 radical (unpaired) electrons. The summed E-state index contributed by atoms with van der Waals surface area (Å²) in [6.45, 7) is 4.81. The lowest BCUT2D eigenvalue weighted by molar-refractivity contribution is -0.115. The van der Waals surface area contributed by atoms with E-state index in [1.807, 2.05) is 13.8 Å². The number of ether oxygens (including phenoxy) is 1. The Morgan fingerprint density at radius 1 is 1.27 bits per heavy atom. The molecule has 2 aliphatic rings. The highest BCUT2D eigenvalue weighted by molar-refractivity contribution is 7.90. The molecule has 0 unspecified atom stereocenters. The summed E-state index contributed by atoms with van der Waals surface area (Å²) >= 11 is 0. The van der Waals surface area contributed by atoms with Crippen molar-refractivity contribution in [2.45, 2.75) is 68.4 Å². The van der Waals surface area contributed by atoms with Crippen LogP contribution >= 0.6 is 0 Å². The number of aromatic amines is 1. The number of nitrogens with one attached hydrogen (secondary N) is 2. The van der Waals surface area contributed by atoms with E-state index in [0.29, 0.717) is 17.8 Å². The Bertz CT molecular complexity index is 1160. The number of carbonyl (C=O) groups is 2. The molecule has 33 heavy (non-hydrogen) atoms. The van der Waals surface area contributed by atoms with Gasteiger partial charge in [0.2, 0.25) is 5.91 Å². The van der Waals surface area contributed by atoms with Gasteiger partial charge in [-0.25, -0.2) is 13.2 Å². The van der Waals surface area contributed by atoms with Crippen LogP contribution in [-0.2, 0) is 25.8 Å². The lowest BCUT2D eigenvalue weighted by Gasteiger charge is -2.47. The standard InChI is InChI=1S/C23H30N4O5S/c1-23(2)10-11-27(23)22(29)32-17-9-8-15(12-17)18-14-20(26-25-18)24-21(28)13-16-6-4-5-7-19(16)33(3,30)31/h4-7,14-15,17H,8-13H2,1-3H3,(H2,24,25,26,28)/t15-,17+/m0/s1. The summed E-state index contributed by atoms with van der Waals surface area (Å²) in [6, 6.07) is 8.25. The number of benzene rings is 1. The number of hydrogen-bond acceptors (Lipinski definition) is 6. The second-order valence-corrected chi connectivity index (χ2v) is 11.5. The molecule has 9 nitrogen and oxygen atoms in total. The Labute approximate surface area is 193 Å². The zero-order chi connectivity index (χ0) is 23.8. The molecule has 1 saturated heterocycles.